The van der Waals surface area contributed by atoms with Crippen LogP contribution in [0.2, 0.25) is 0 Å². The fourth-order valence-corrected chi connectivity index (χ4v) is 10.7. The highest BCUT2D eigenvalue weighted by Crippen LogP contribution is 2.52. The van der Waals surface area contributed by atoms with E-state index < -0.39 is 0 Å². The molecule has 0 unspecified atom stereocenters. The van der Waals surface area contributed by atoms with E-state index in [4.69, 9.17) is 15.0 Å². The average Bonchev–Trinajstić information content (AvgIpc) is 3.92. The fourth-order valence-electron chi connectivity index (χ4n) is 9.46. The van der Waals surface area contributed by atoms with Gasteiger partial charge in [0.15, 0.2) is 17.5 Å². The summed E-state index contributed by atoms with van der Waals surface area (Å²) in [5.41, 5.74) is 13.6. The summed E-state index contributed by atoms with van der Waals surface area (Å²) in [6, 6.07) is 65.2. The molecule has 0 bridgehead atoms. The molecule has 59 heavy (non-hydrogen) atoms. The van der Waals surface area contributed by atoms with Gasteiger partial charge in [0.05, 0.1) is 11.0 Å². The molecule has 4 nitrogen and oxygen atoms in total. The lowest BCUT2D eigenvalue weighted by atomic mass is 9.82. The Morgan fingerprint density at radius 2 is 1.07 bits per heavy atom. The van der Waals surface area contributed by atoms with Gasteiger partial charge in [-0.2, -0.15) is 0 Å². The summed E-state index contributed by atoms with van der Waals surface area (Å²) in [4.78, 5) is 15.6. The second-order valence-corrected chi connectivity index (χ2v) is 17.0. The van der Waals surface area contributed by atoms with Crippen molar-refractivity contribution < 1.29 is 0 Å². The third-order valence-corrected chi connectivity index (χ3v) is 13.5. The van der Waals surface area contributed by atoms with Crippen LogP contribution >= 0.6 is 11.3 Å². The number of benzene rings is 8. The minimum absolute atomic E-state index is 0.132. The number of fused-ring (bicyclic) bond motifs is 10. The summed E-state index contributed by atoms with van der Waals surface area (Å²) in [5, 5.41) is 5.20. The number of nitrogens with zero attached hydrogens (tertiary/aromatic N) is 4. The zero-order valence-corrected chi connectivity index (χ0v) is 33.3. The van der Waals surface area contributed by atoms with Gasteiger partial charge in [-0.3, -0.25) is 0 Å². The van der Waals surface area contributed by atoms with Crippen LogP contribution in [0.1, 0.15) is 25.0 Å². The lowest BCUT2D eigenvalue weighted by molar-refractivity contribution is 0.660. The van der Waals surface area contributed by atoms with E-state index in [9.17, 15) is 0 Å². The molecular formula is C54H36N4S. The SMILES string of the molecule is CC1(C)c2ccccc2-c2c(-c3nc(-c4ccccc4)nc(-c4cccc(-c5cccc(-n6c7ccccc7c7c8sc9ccccc9c8ccc76)c5)c4)n3)cccc21. The third-order valence-electron chi connectivity index (χ3n) is 12.3. The first kappa shape index (κ1) is 33.9. The van der Waals surface area contributed by atoms with Gasteiger partial charge in [0.25, 0.3) is 0 Å². The molecule has 5 heteroatoms. The van der Waals surface area contributed by atoms with Gasteiger partial charge in [0.1, 0.15) is 0 Å². The summed E-state index contributed by atoms with van der Waals surface area (Å²) in [6.07, 6.45) is 0. The van der Waals surface area contributed by atoms with Gasteiger partial charge in [-0.05, 0) is 69.8 Å². The Bertz CT molecular complexity index is 3480. The van der Waals surface area contributed by atoms with E-state index in [1.165, 1.54) is 64.2 Å². The van der Waals surface area contributed by atoms with Crippen molar-refractivity contribution in [3.05, 3.63) is 193 Å². The first-order chi connectivity index (χ1) is 29.0. The highest BCUT2D eigenvalue weighted by Gasteiger charge is 2.37. The summed E-state index contributed by atoms with van der Waals surface area (Å²) < 4.78 is 5.07. The van der Waals surface area contributed by atoms with Crippen molar-refractivity contribution in [1.29, 1.82) is 0 Å². The Kier molecular flexibility index (Phi) is 7.41. The molecule has 0 saturated heterocycles. The largest absolute Gasteiger partial charge is 0.309 e. The average molecular weight is 773 g/mol. The molecule has 0 radical (unpaired) electrons. The van der Waals surface area contributed by atoms with Crippen LogP contribution in [-0.4, -0.2) is 19.5 Å². The minimum atomic E-state index is -0.132. The highest BCUT2D eigenvalue weighted by atomic mass is 32.1. The van der Waals surface area contributed by atoms with E-state index in [1.54, 1.807) is 0 Å². The Morgan fingerprint density at radius 1 is 0.441 bits per heavy atom. The maximum Gasteiger partial charge on any atom is 0.164 e. The molecule has 0 atom stereocenters. The van der Waals surface area contributed by atoms with Crippen LogP contribution in [-0.2, 0) is 5.41 Å². The fraction of sp³-hybridized carbons (Fsp3) is 0.0556. The number of hydrogen-bond donors (Lipinski definition) is 0. The van der Waals surface area contributed by atoms with Crippen LogP contribution in [0, 0.1) is 0 Å². The van der Waals surface area contributed by atoms with Gasteiger partial charge in [-0.1, -0.05) is 159 Å². The lowest BCUT2D eigenvalue weighted by Crippen LogP contribution is -2.14. The van der Waals surface area contributed by atoms with Crippen molar-refractivity contribution in [2.24, 2.45) is 0 Å². The summed E-state index contributed by atoms with van der Waals surface area (Å²) in [5.74, 6) is 1.97. The highest BCUT2D eigenvalue weighted by molar-refractivity contribution is 7.26. The van der Waals surface area contributed by atoms with E-state index >= 15 is 0 Å². The second kappa shape index (κ2) is 12.9. The van der Waals surface area contributed by atoms with E-state index in [-0.39, 0.29) is 5.41 Å². The zero-order valence-electron chi connectivity index (χ0n) is 32.5. The molecule has 0 amide bonds. The minimum Gasteiger partial charge on any atom is -0.309 e. The maximum absolute atomic E-state index is 5.27. The van der Waals surface area contributed by atoms with E-state index in [0.29, 0.717) is 17.5 Å². The molecular weight excluding hydrogens is 737 g/mol. The molecule has 3 aromatic heterocycles. The van der Waals surface area contributed by atoms with Gasteiger partial charge in [-0.25, -0.2) is 15.0 Å². The van der Waals surface area contributed by atoms with Crippen molar-refractivity contribution in [1.82, 2.24) is 19.5 Å². The van der Waals surface area contributed by atoms with Gasteiger partial charge >= 0.3 is 0 Å². The van der Waals surface area contributed by atoms with E-state index in [2.05, 4.69) is 182 Å². The molecule has 0 saturated carbocycles. The normalized spacial score (nSPS) is 13.1. The molecule has 0 aliphatic heterocycles. The predicted octanol–water partition coefficient (Wildman–Crippen LogP) is 14.3. The Hall–Kier alpha value is -7.21. The number of para-hydroxylation sites is 1. The number of thiophene rings is 1. The van der Waals surface area contributed by atoms with Crippen LogP contribution in [0.5, 0.6) is 0 Å². The van der Waals surface area contributed by atoms with Crippen LogP contribution < -0.4 is 0 Å². The maximum atomic E-state index is 5.27. The van der Waals surface area contributed by atoms with Gasteiger partial charge in [-0.15, -0.1) is 11.3 Å². The molecule has 11 aromatic rings. The number of rotatable bonds is 5. The van der Waals surface area contributed by atoms with Crippen molar-refractivity contribution in [3.63, 3.8) is 0 Å². The molecule has 1 aliphatic carbocycles. The first-order valence-electron chi connectivity index (χ1n) is 20.1. The van der Waals surface area contributed by atoms with Crippen LogP contribution in [0.3, 0.4) is 0 Å². The topological polar surface area (TPSA) is 43.6 Å². The second-order valence-electron chi connectivity index (χ2n) is 16.0. The molecule has 278 valence electrons. The van der Waals surface area contributed by atoms with Gasteiger partial charge < -0.3 is 4.57 Å². The lowest BCUT2D eigenvalue weighted by Gasteiger charge is -2.21. The summed E-state index contributed by atoms with van der Waals surface area (Å²) in [7, 11) is 0. The van der Waals surface area contributed by atoms with Crippen molar-refractivity contribution >= 4 is 53.3 Å². The smallest absolute Gasteiger partial charge is 0.164 e. The molecule has 8 aromatic carbocycles. The predicted molar refractivity (Wildman–Crippen MR) is 246 cm³/mol. The van der Waals surface area contributed by atoms with Crippen molar-refractivity contribution in [2.75, 3.05) is 0 Å². The Balaban J connectivity index is 1.00. The van der Waals surface area contributed by atoms with Crippen LogP contribution in [0.4, 0.5) is 0 Å². The number of aromatic nitrogens is 4. The first-order valence-corrected chi connectivity index (χ1v) is 20.9. The quantitative estimate of drug-likeness (QED) is 0.175. The Morgan fingerprint density at radius 3 is 1.95 bits per heavy atom. The van der Waals surface area contributed by atoms with Crippen molar-refractivity contribution in [3.8, 4) is 62.1 Å². The van der Waals surface area contributed by atoms with Crippen LogP contribution in [0.25, 0.3) is 104 Å². The van der Waals surface area contributed by atoms with E-state index in [0.717, 1.165) is 33.5 Å². The van der Waals surface area contributed by atoms with Crippen molar-refractivity contribution in [2.45, 2.75) is 19.3 Å². The molecule has 12 rings (SSSR count). The van der Waals surface area contributed by atoms with E-state index in [1.807, 2.05) is 29.5 Å². The summed E-state index contributed by atoms with van der Waals surface area (Å²) in [6.45, 7) is 4.61. The molecule has 0 fully saturated rings. The molecule has 0 N–H and O–H groups in total. The zero-order chi connectivity index (χ0) is 39.2. The van der Waals surface area contributed by atoms with Crippen LogP contribution in [0.15, 0.2) is 182 Å². The number of hydrogen-bond acceptors (Lipinski definition) is 4. The Labute approximate surface area is 345 Å². The third kappa shape index (κ3) is 5.18. The monoisotopic (exact) mass is 772 g/mol. The molecule has 3 heterocycles. The van der Waals surface area contributed by atoms with Gasteiger partial charge in [0, 0.05) is 58.7 Å². The standard InChI is InChI=1S/C54H36N4S/c1-54(2)43-25-9-6-22-40(43)48-42(24-14-26-44(48)54)53-56-51(33-15-4-3-5-16-33)55-52(57-53)36-19-12-17-34(31-36)35-18-13-20-37(32-35)58-45-27-10-7-23-41(45)49-46(58)30-29-39-38-21-8-11-28-47(38)59-50(39)49/h3-32H,1-2H3. The summed E-state index contributed by atoms with van der Waals surface area (Å²) >= 11 is 1.89. The van der Waals surface area contributed by atoms with Gasteiger partial charge in [0.2, 0.25) is 0 Å². The molecule has 1 aliphatic rings. The molecule has 0 spiro atoms.